The molecule has 0 fully saturated rings. The van der Waals surface area contributed by atoms with Crippen LogP contribution in [0.5, 0.6) is 5.75 Å². The van der Waals surface area contributed by atoms with Gasteiger partial charge in [0.05, 0.1) is 19.1 Å². The number of aryl methyl sites for hydroxylation is 1. The highest BCUT2D eigenvalue weighted by Crippen LogP contribution is 2.17. The summed E-state index contributed by atoms with van der Waals surface area (Å²) in [5.41, 5.74) is 0.954. The zero-order valence-corrected chi connectivity index (χ0v) is 16.4. The number of carbonyl (C=O) groups excluding carboxylic acids is 2. The Balaban J connectivity index is 1.99. The molecule has 0 radical (unpaired) electrons. The number of carbonyl (C=O) groups is 2. The summed E-state index contributed by atoms with van der Waals surface area (Å²) in [7, 11) is 1.54. The Kier molecular flexibility index (Phi) is 5.92. The van der Waals surface area contributed by atoms with Gasteiger partial charge in [0, 0.05) is 23.6 Å². The third kappa shape index (κ3) is 4.43. The Labute approximate surface area is 167 Å². The number of aromatic nitrogens is 2. The quantitative estimate of drug-likeness (QED) is 0.644. The molecule has 0 bridgehead atoms. The predicted molar refractivity (Wildman–Crippen MR) is 108 cm³/mol. The summed E-state index contributed by atoms with van der Waals surface area (Å²) in [6, 6.07) is 10.2. The second-order valence-electron chi connectivity index (χ2n) is 6.32. The van der Waals surface area contributed by atoms with Gasteiger partial charge < -0.3 is 19.4 Å². The number of nitrogens with zero attached hydrogens (tertiary/aromatic N) is 2. The van der Waals surface area contributed by atoms with Crippen LogP contribution in [-0.2, 0) is 16.1 Å². The third-order valence-electron chi connectivity index (χ3n) is 4.22. The van der Waals surface area contributed by atoms with Crippen LogP contribution < -0.4 is 15.5 Å². The maximum atomic E-state index is 12.7. The summed E-state index contributed by atoms with van der Waals surface area (Å²) in [6.45, 7) is 3.43. The normalized spacial score (nSPS) is 10.6. The molecule has 0 atom stereocenters. The minimum Gasteiger partial charge on any atom is -0.497 e. The molecule has 29 heavy (non-hydrogen) atoms. The van der Waals surface area contributed by atoms with Crippen molar-refractivity contribution in [2.75, 3.05) is 19.0 Å². The van der Waals surface area contributed by atoms with Crippen LogP contribution in [0.25, 0.3) is 11.0 Å². The average molecular weight is 395 g/mol. The number of rotatable bonds is 6. The second-order valence-corrected chi connectivity index (χ2v) is 6.32. The van der Waals surface area contributed by atoms with Crippen molar-refractivity contribution in [3.8, 4) is 5.75 Å². The highest BCUT2D eigenvalue weighted by atomic mass is 16.5. The van der Waals surface area contributed by atoms with Crippen molar-refractivity contribution in [1.29, 1.82) is 0 Å². The van der Waals surface area contributed by atoms with E-state index in [4.69, 9.17) is 9.47 Å². The Morgan fingerprint density at radius 3 is 2.72 bits per heavy atom. The van der Waals surface area contributed by atoms with E-state index in [-0.39, 0.29) is 30.0 Å². The largest absolute Gasteiger partial charge is 0.497 e. The summed E-state index contributed by atoms with van der Waals surface area (Å²) >= 11 is 0. The van der Waals surface area contributed by atoms with Crippen molar-refractivity contribution >= 4 is 28.6 Å². The number of hydrogen-bond acceptors (Lipinski definition) is 6. The smallest absolute Gasteiger partial charge is 0.343 e. The van der Waals surface area contributed by atoms with E-state index >= 15 is 0 Å². The van der Waals surface area contributed by atoms with Crippen LogP contribution in [0.4, 0.5) is 5.69 Å². The van der Waals surface area contributed by atoms with Gasteiger partial charge in [-0.1, -0.05) is 6.07 Å². The first-order valence-corrected chi connectivity index (χ1v) is 9.04. The lowest BCUT2D eigenvalue weighted by Crippen LogP contribution is -2.25. The summed E-state index contributed by atoms with van der Waals surface area (Å²) in [5, 5.41) is 3.02. The Bertz CT molecular complexity index is 1140. The van der Waals surface area contributed by atoms with E-state index in [1.54, 1.807) is 50.2 Å². The molecule has 1 aromatic carbocycles. The first-order chi connectivity index (χ1) is 13.9. The number of esters is 1. The van der Waals surface area contributed by atoms with Gasteiger partial charge in [-0.25, -0.2) is 9.78 Å². The molecule has 1 amide bonds. The van der Waals surface area contributed by atoms with Crippen LogP contribution in [-0.4, -0.2) is 35.1 Å². The zero-order valence-electron chi connectivity index (χ0n) is 16.4. The molecule has 2 aromatic heterocycles. The van der Waals surface area contributed by atoms with Crippen molar-refractivity contribution in [1.82, 2.24) is 9.55 Å². The molecule has 150 valence electrons. The highest BCUT2D eigenvalue weighted by Gasteiger charge is 2.18. The van der Waals surface area contributed by atoms with E-state index < -0.39 is 11.4 Å². The number of benzene rings is 1. The lowest BCUT2D eigenvalue weighted by molar-refractivity contribution is -0.116. The molecule has 0 unspecified atom stereocenters. The summed E-state index contributed by atoms with van der Waals surface area (Å²) in [5.74, 6) is -0.471. The number of nitrogens with one attached hydrogen (secondary N) is 1. The molecule has 0 aliphatic rings. The lowest BCUT2D eigenvalue weighted by atomic mass is 10.2. The van der Waals surface area contributed by atoms with Crippen molar-refractivity contribution in [3.05, 3.63) is 64.1 Å². The first-order valence-electron chi connectivity index (χ1n) is 9.04. The maximum Gasteiger partial charge on any atom is 0.343 e. The van der Waals surface area contributed by atoms with Gasteiger partial charge in [0.15, 0.2) is 0 Å². The number of pyridine rings is 2. The molecule has 3 rings (SSSR count). The van der Waals surface area contributed by atoms with Crippen molar-refractivity contribution in [2.24, 2.45) is 0 Å². The van der Waals surface area contributed by atoms with Crippen LogP contribution in [0.15, 0.2) is 47.4 Å². The van der Waals surface area contributed by atoms with Gasteiger partial charge in [0.25, 0.3) is 0 Å². The van der Waals surface area contributed by atoms with E-state index in [0.29, 0.717) is 22.8 Å². The SMILES string of the molecule is CCOC(=O)c1cn(CC(=O)Nc2cccc(OC)c2)c2nc(C)ccc2c1=O. The highest BCUT2D eigenvalue weighted by molar-refractivity contribution is 5.95. The standard InChI is InChI=1S/C21H21N3O5/c1-4-29-21(27)17-11-24(20-16(19(17)26)9-8-13(2)22-20)12-18(25)23-14-6-5-7-15(10-14)28-3/h5-11H,4,12H2,1-3H3,(H,23,25). The van der Waals surface area contributed by atoms with E-state index in [2.05, 4.69) is 10.3 Å². The summed E-state index contributed by atoms with van der Waals surface area (Å²) in [6.07, 6.45) is 1.32. The molecule has 8 heteroatoms. The molecular formula is C21H21N3O5. The number of anilines is 1. The zero-order chi connectivity index (χ0) is 21.0. The number of amides is 1. The fourth-order valence-electron chi connectivity index (χ4n) is 2.89. The number of ether oxygens (including phenoxy) is 2. The molecule has 0 saturated carbocycles. The number of hydrogen-bond donors (Lipinski definition) is 1. The molecule has 1 N–H and O–H groups in total. The van der Waals surface area contributed by atoms with Gasteiger partial charge in [-0.15, -0.1) is 0 Å². The second kappa shape index (κ2) is 8.55. The van der Waals surface area contributed by atoms with Gasteiger partial charge in [-0.3, -0.25) is 9.59 Å². The summed E-state index contributed by atoms with van der Waals surface area (Å²) < 4.78 is 11.6. The summed E-state index contributed by atoms with van der Waals surface area (Å²) in [4.78, 5) is 41.9. The fourth-order valence-corrected chi connectivity index (χ4v) is 2.89. The molecule has 0 spiro atoms. The van der Waals surface area contributed by atoms with Crippen LogP contribution in [0.3, 0.4) is 0 Å². The van der Waals surface area contributed by atoms with E-state index in [1.165, 1.54) is 17.9 Å². The topological polar surface area (TPSA) is 99.5 Å². The van der Waals surface area contributed by atoms with E-state index in [9.17, 15) is 14.4 Å². The van der Waals surface area contributed by atoms with Crippen LogP contribution >= 0.6 is 0 Å². The van der Waals surface area contributed by atoms with Gasteiger partial charge in [0.2, 0.25) is 11.3 Å². The predicted octanol–water partition coefficient (Wildman–Crippen LogP) is 2.53. The fraction of sp³-hybridized carbons (Fsp3) is 0.238. The Hall–Kier alpha value is -3.68. The minimum absolute atomic E-state index is 0.138. The monoisotopic (exact) mass is 395 g/mol. The van der Waals surface area contributed by atoms with Crippen LogP contribution in [0.1, 0.15) is 23.0 Å². The third-order valence-corrected chi connectivity index (χ3v) is 4.22. The van der Waals surface area contributed by atoms with Crippen LogP contribution in [0.2, 0.25) is 0 Å². The molecule has 8 nitrogen and oxygen atoms in total. The molecule has 0 saturated heterocycles. The molecule has 3 aromatic rings. The molecule has 0 aliphatic carbocycles. The molecule has 2 heterocycles. The van der Waals surface area contributed by atoms with E-state index in [1.807, 2.05) is 0 Å². The van der Waals surface area contributed by atoms with Crippen molar-refractivity contribution in [3.63, 3.8) is 0 Å². The average Bonchev–Trinajstić information content (AvgIpc) is 2.70. The lowest BCUT2D eigenvalue weighted by Gasteiger charge is -2.13. The Morgan fingerprint density at radius 2 is 2.00 bits per heavy atom. The maximum absolute atomic E-state index is 12.7. The van der Waals surface area contributed by atoms with Gasteiger partial charge in [-0.2, -0.15) is 0 Å². The Morgan fingerprint density at radius 1 is 1.21 bits per heavy atom. The van der Waals surface area contributed by atoms with Crippen molar-refractivity contribution < 1.29 is 19.1 Å². The van der Waals surface area contributed by atoms with Gasteiger partial charge in [-0.05, 0) is 38.1 Å². The number of fused-ring (bicyclic) bond motifs is 1. The molecular weight excluding hydrogens is 374 g/mol. The van der Waals surface area contributed by atoms with Gasteiger partial charge >= 0.3 is 5.97 Å². The first kappa shape index (κ1) is 20.1. The molecule has 0 aliphatic heterocycles. The van der Waals surface area contributed by atoms with Crippen molar-refractivity contribution in [2.45, 2.75) is 20.4 Å². The number of methoxy groups -OCH3 is 1. The van der Waals surface area contributed by atoms with Crippen LogP contribution in [0, 0.1) is 6.92 Å². The van der Waals surface area contributed by atoms with Gasteiger partial charge in [0.1, 0.15) is 23.5 Å². The van der Waals surface area contributed by atoms with E-state index in [0.717, 1.165) is 0 Å². The minimum atomic E-state index is -0.734.